The predicted octanol–water partition coefficient (Wildman–Crippen LogP) is 2.23. The van der Waals surface area contributed by atoms with Gasteiger partial charge in [-0.05, 0) is 61.2 Å². The van der Waals surface area contributed by atoms with Crippen LogP contribution in [-0.4, -0.2) is 91.5 Å². The van der Waals surface area contributed by atoms with Gasteiger partial charge in [-0.1, -0.05) is 73.6 Å². The molecule has 13 nitrogen and oxygen atoms in total. The fourth-order valence-electron chi connectivity index (χ4n) is 7.81. The Morgan fingerprint density at radius 1 is 0.857 bits per heavy atom. The molecule has 1 heterocycles. The number of carbonyl (C=O) groups is 6. The summed E-state index contributed by atoms with van der Waals surface area (Å²) in [7, 11) is -3.72. The van der Waals surface area contributed by atoms with Gasteiger partial charge < -0.3 is 20.9 Å². The number of likely N-dealkylation sites (tertiary alicyclic amines) is 1. The molecule has 278 valence electrons. The van der Waals surface area contributed by atoms with Crippen LogP contribution in [0.3, 0.4) is 0 Å². The third-order valence-corrected chi connectivity index (χ3v) is 11.1. The molecule has 4 amide bonds. The van der Waals surface area contributed by atoms with Crippen LogP contribution in [0.4, 0.5) is 0 Å². The number of hydrogen-bond donors (Lipinski definition) is 4. The van der Waals surface area contributed by atoms with Crippen LogP contribution in [0.1, 0.15) is 113 Å². The summed E-state index contributed by atoms with van der Waals surface area (Å²) in [6.45, 7) is 12.3. The van der Waals surface area contributed by atoms with E-state index in [-0.39, 0.29) is 17.8 Å². The standard InChI is InChI=1S/C35H59N5O8S/c1-9-14-25(29(42)21(4)41)36-33(45)28-24-18-13-17-23(24)19-40(28)34(46)30(35(5,6)7)38-32(44)27(22-15-11-10-12-16-22)37-31(43)26(20(2)3)39-49(8,47)48/h20,22-28,30,39H,9-19H2,1-8H3,(H,36,45)(H,37,43)(H,38,44)/t23-,24-,25-,26+,27-,28-,30+/m0/s1. The first kappa shape index (κ1) is 40.6. The van der Waals surface area contributed by atoms with Gasteiger partial charge in [-0.25, -0.2) is 13.1 Å². The Bertz CT molecular complexity index is 1350. The first-order chi connectivity index (χ1) is 22.8. The number of nitrogens with one attached hydrogen (secondary N) is 4. The fraction of sp³-hybridized carbons (Fsp3) is 0.829. The molecular weight excluding hydrogens is 650 g/mol. The van der Waals surface area contributed by atoms with E-state index in [9.17, 15) is 37.2 Å². The first-order valence-electron chi connectivity index (χ1n) is 18.0. The van der Waals surface area contributed by atoms with Gasteiger partial charge in [-0.3, -0.25) is 28.8 Å². The molecule has 7 atom stereocenters. The zero-order chi connectivity index (χ0) is 36.8. The van der Waals surface area contributed by atoms with E-state index in [1.165, 1.54) is 6.92 Å². The highest BCUT2D eigenvalue weighted by atomic mass is 32.2. The molecule has 2 aliphatic carbocycles. The van der Waals surface area contributed by atoms with Gasteiger partial charge in [-0.2, -0.15) is 0 Å². The van der Waals surface area contributed by atoms with Gasteiger partial charge in [0.2, 0.25) is 39.4 Å². The summed E-state index contributed by atoms with van der Waals surface area (Å²) >= 11 is 0. The second kappa shape index (κ2) is 16.9. The maximum absolute atomic E-state index is 14.5. The van der Waals surface area contributed by atoms with Crippen molar-refractivity contribution in [2.24, 2.45) is 29.1 Å². The van der Waals surface area contributed by atoms with Crippen molar-refractivity contribution in [3.63, 3.8) is 0 Å². The minimum absolute atomic E-state index is 0.0914. The van der Waals surface area contributed by atoms with Crippen molar-refractivity contribution >= 4 is 45.2 Å². The molecule has 0 aromatic carbocycles. The summed E-state index contributed by atoms with van der Waals surface area (Å²) in [5.41, 5.74) is -0.791. The fourth-order valence-corrected chi connectivity index (χ4v) is 8.65. The summed E-state index contributed by atoms with van der Waals surface area (Å²) in [6.07, 6.45) is 8.49. The van der Waals surface area contributed by atoms with Crippen LogP contribution in [0.5, 0.6) is 0 Å². The number of carbonyl (C=O) groups excluding carboxylic acids is 6. The zero-order valence-corrected chi connectivity index (χ0v) is 31.4. The van der Waals surface area contributed by atoms with E-state index >= 15 is 0 Å². The largest absolute Gasteiger partial charge is 0.344 e. The minimum Gasteiger partial charge on any atom is -0.344 e. The lowest BCUT2D eigenvalue weighted by molar-refractivity contribution is -0.146. The summed E-state index contributed by atoms with van der Waals surface area (Å²) < 4.78 is 26.5. The van der Waals surface area contributed by atoms with Crippen LogP contribution in [0.25, 0.3) is 0 Å². The lowest BCUT2D eigenvalue weighted by Crippen LogP contribution is -2.63. The molecule has 0 aromatic rings. The summed E-state index contributed by atoms with van der Waals surface area (Å²) in [4.78, 5) is 82.3. The first-order valence-corrected chi connectivity index (χ1v) is 19.9. The molecule has 0 unspecified atom stereocenters. The maximum Gasteiger partial charge on any atom is 0.246 e. The molecule has 0 aromatic heterocycles. The molecule has 1 saturated heterocycles. The van der Waals surface area contributed by atoms with Crippen molar-refractivity contribution in [2.75, 3.05) is 12.8 Å². The summed E-state index contributed by atoms with van der Waals surface area (Å²) in [5.74, 6) is -3.98. The van der Waals surface area contributed by atoms with Crippen molar-refractivity contribution in [1.82, 2.24) is 25.6 Å². The second-order valence-electron chi connectivity index (χ2n) is 15.9. The number of ketones is 2. The second-order valence-corrected chi connectivity index (χ2v) is 17.6. The third kappa shape index (κ3) is 10.6. The lowest BCUT2D eigenvalue weighted by atomic mass is 9.82. The molecule has 14 heteroatoms. The molecule has 3 fully saturated rings. The Morgan fingerprint density at radius 2 is 1.49 bits per heavy atom. The molecule has 4 N–H and O–H groups in total. The normalized spacial score (nSPS) is 24.0. The van der Waals surface area contributed by atoms with Crippen LogP contribution in [0.15, 0.2) is 0 Å². The van der Waals surface area contributed by atoms with Gasteiger partial charge in [0, 0.05) is 13.5 Å². The van der Waals surface area contributed by atoms with Crippen LogP contribution < -0.4 is 20.7 Å². The minimum atomic E-state index is -3.72. The monoisotopic (exact) mass is 709 g/mol. The zero-order valence-electron chi connectivity index (χ0n) is 30.6. The Hall–Kier alpha value is -2.87. The van der Waals surface area contributed by atoms with E-state index in [1.807, 2.05) is 27.7 Å². The molecule has 3 aliphatic rings. The highest BCUT2D eigenvalue weighted by Gasteiger charge is 2.52. The smallest absolute Gasteiger partial charge is 0.246 e. The van der Waals surface area contributed by atoms with Gasteiger partial charge in [0.1, 0.15) is 24.2 Å². The number of Topliss-reactive ketones (excluding diaryl/α,β-unsaturated/α-hetero) is 2. The lowest BCUT2D eigenvalue weighted by Gasteiger charge is -2.38. The average Bonchev–Trinajstić information content (AvgIpc) is 3.61. The van der Waals surface area contributed by atoms with Gasteiger partial charge >= 0.3 is 0 Å². The van der Waals surface area contributed by atoms with Gasteiger partial charge in [0.15, 0.2) is 5.78 Å². The van der Waals surface area contributed by atoms with E-state index in [4.69, 9.17) is 0 Å². The summed E-state index contributed by atoms with van der Waals surface area (Å²) in [5, 5.41) is 8.59. The van der Waals surface area contributed by atoms with Crippen molar-refractivity contribution in [2.45, 2.75) is 143 Å². The SMILES string of the molecule is CCC[C@H](NC(=O)[C@@H]1[C@H]2CCC[C@H]2CN1C(=O)[C@@H](NC(=O)[C@@H](NC(=O)[C@H](NS(C)(=O)=O)C(C)C)C1CCCCC1)C(C)(C)C)C(=O)C(C)=O. The van der Waals surface area contributed by atoms with Crippen LogP contribution in [0.2, 0.25) is 0 Å². The van der Waals surface area contributed by atoms with Crippen molar-refractivity contribution in [3.05, 3.63) is 0 Å². The van der Waals surface area contributed by atoms with Gasteiger partial charge in [-0.15, -0.1) is 0 Å². The highest BCUT2D eigenvalue weighted by Crippen LogP contribution is 2.43. The van der Waals surface area contributed by atoms with Crippen molar-refractivity contribution in [3.8, 4) is 0 Å². The van der Waals surface area contributed by atoms with E-state index in [1.54, 1.807) is 18.7 Å². The quantitative estimate of drug-likeness (QED) is 0.186. The summed E-state index contributed by atoms with van der Waals surface area (Å²) in [6, 6.07) is -4.99. The topological polar surface area (TPSA) is 188 Å². The Morgan fingerprint density at radius 3 is 2.02 bits per heavy atom. The van der Waals surface area contributed by atoms with Crippen molar-refractivity contribution in [1.29, 1.82) is 0 Å². The molecule has 0 spiro atoms. The molecule has 1 aliphatic heterocycles. The number of rotatable bonds is 15. The molecule has 0 bridgehead atoms. The number of hydrogen-bond acceptors (Lipinski definition) is 8. The van der Waals surface area contributed by atoms with Crippen molar-refractivity contribution < 1.29 is 37.2 Å². The van der Waals surface area contributed by atoms with Crippen LogP contribution in [-0.2, 0) is 38.8 Å². The number of amides is 4. The maximum atomic E-state index is 14.5. The molecule has 49 heavy (non-hydrogen) atoms. The molecule has 3 rings (SSSR count). The Balaban J connectivity index is 1.91. The van der Waals surface area contributed by atoms with E-state index in [0.717, 1.165) is 44.8 Å². The van der Waals surface area contributed by atoms with Crippen LogP contribution in [0, 0.1) is 29.1 Å². The molecular formula is C35H59N5O8S. The average molecular weight is 710 g/mol. The van der Waals surface area contributed by atoms with E-state index < -0.39 is 86.8 Å². The third-order valence-electron chi connectivity index (χ3n) is 10.4. The van der Waals surface area contributed by atoms with Gasteiger partial charge in [0.05, 0.1) is 12.3 Å². The molecule has 2 saturated carbocycles. The number of nitrogens with zero attached hydrogens (tertiary/aromatic N) is 1. The van der Waals surface area contributed by atoms with Gasteiger partial charge in [0.25, 0.3) is 0 Å². The molecule has 0 radical (unpaired) electrons. The number of fused-ring (bicyclic) bond motifs is 1. The predicted molar refractivity (Wildman–Crippen MR) is 185 cm³/mol. The van der Waals surface area contributed by atoms with Crippen LogP contribution >= 0.6 is 0 Å². The number of sulfonamides is 1. The Kier molecular flexibility index (Phi) is 14.0. The highest BCUT2D eigenvalue weighted by molar-refractivity contribution is 7.88. The van der Waals surface area contributed by atoms with E-state index in [0.29, 0.717) is 32.2 Å². The van der Waals surface area contributed by atoms with E-state index in [2.05, 4.69) is 20.7 Å². The Labute approximate surface area is 292 Å².